The molecule has 1 atom stereocenters. The highest BCUT2D eigenvalue weighted by Gasteiger charge is 2.51. The van der Waals surface area contributed by atoms with Crippen molar-refractivity contribution in [3.63, 3.8) is 0 Å². The average Bonchev–Trinajstić information content (AvgIpc) is 2.24. The van der Waals surface area contributed by atoms with Crippen LogP contribution in [0.4, 0.5) is 13.2 Å². The Morgan fingerprint density at radius 3 is 2.32 bits per heavy atom. The Kier molecular flexibility index (Phi) is 4.28. The van der Waals surface area contributed by atoms with E-state index in [-0.39, 0.29) is 17.5 Å². The molecule has 1 unspecified atom stereocenters. The Labute approximate surface area is 108 Å². The van der Waals surface area contributed by atoms with E-state index in [1.165, 1.54) is 12.1 Å². The van der Waals surface area contributed by atoms with Gasteiger partial charge in [-0.1, -0.05) is 24.3 Å². The summed E-state index contributed by atoms with van der Waals surface area (Å²) in [6.07, 6.45) is -4.98. The first-order chi connectivity index (χ1) is 8.43. The minimum atomic E-state index is -4.84. The summed E-state index contributed by atoms with van der Waals surface area (Å²) in [4.78, 5) is 0. The molecule has 108 valence electrons. The molecule has 0 saturated carbocycles. The molecule has 0 aliphatic rings. The fraction of sp³-hybridized carbons (Fsp3) is 0.455. The van der Waals surface area contributed by atoms with Crippen molar-refractivity contribution in [1.82, 2.24) is 0 Å². The second-order valence-corrected chi connectivity index (χ2v) is 5.88. The number of hydrogen-bond donors (Lipinski definition) is 2. The summed E-state index contributed by atoms with van der Waals surface area (Å²) >= 11 is 0. The van der Waals surface area contributed by atoms with Crippen LogP contribution in [-0.4, -0.2) is 30.0 Å². The monoisotopic (exact) mass is 298 g/mol. The SMILES string of the molecule is CC(O)(c1cccc(CCS(=O)(=O)O)c1)C(F)(F)F. The molecular formula is C11H13F3O4S. The number of aryl methyl sites for hydroxylation is 1. The van der Waals surface area contributed by atoms with Crippen molar-refractivity contribution in [3.8, 4) is 0 Å². The molecule has 0 amide bonds. The highest BCUT2D eigenvalue weighted by Crippen LogP contribution is 2.38. The Balaban J connectivity index is 3.01. The fourth-order valence-electron chi connectivity index (χ4n) is 1.44. The van der Waals surface area contributed by atoms with E-state index in [9.17, 15) is 26.7 Å². The topological polar surface area (TPSA) is 74.6 Å². The number of halogens is 3. The molecule has 0 bridgehead atoms. The Morgan fingerprint density at radius 2 is 1.84 bits per heavy atom. The fourth-order valence-corrected chi connectivity index (χ4v) is 1.93. The van der Waals surface area contributed by atoms with Crippen molar-refractivity contribution in [2.24, 2.45) is 0 Å². The lowest BCUT2D eigenvalue weighted by molar-refractivity contribution is -0.258. The van der Waals surface area contributed by atoms with Gasteiger partial charge in [-0.2, -0.15) is 21.6 Å². The molecule has 0 heterocycles. The van der Waals surface area contributed by atoms with Gasteiger partial charge in [-0.15, -0.1) is 0 Å². The normalized spacial score (nSPS) is 16.1. The molecule has 0 fully saturated rings. The van der Waals surface area contributed by atoms with E-state index >= 15 is 0 Å². The van der Waals surface area contributed by atoms with Gasteiger partial charge in [0, 0.05) is 0 Å². The number of hydrogen-bond acceptors (Lipinski definition) is 3. The minimum absolute atomic E-state index is 0.138. The molecule has 1 aromatic carbocycles. The predicted octanol–water partition coefficient (Wildman–Crippen LogP) is 1.89. The minimum Gasteiger partial charge on any atom is -0.376 e. The quantitative estimate of drug-likeness (QED) is 0.832. The first-order valence-electron chi connectivity index (χ1n) is 5.27. The third-order valence-electron chi connectivity index (χ3n) is 2.69. The summed E-state index contributed by atoms with van der Waals surface area (Å²) in [5.74, 6) is -0.593. The van der Waals surface area contributed by atoms with E-state index in [2.05, 4.69) is 0 Å². The van der Waals surface area contributed by atoms with Gasteiger partial charge in [0.2, 0.25) is 0 Å². The number of alkyl halides is 3. The second kappa shape index (κ2) is 5.10. The summed E-state index contributed by atoms with van der Waals surface area (Å²) in [5.41, 5.74) is -3.12. The summed E-state index contributed by atoms with van der Waals surface area (Å²) in [5, 5.41) is 9.48. The Morgan fingerprint density at radius 1 is 1.26 bits per heavy atom. The third kappa shape index (κ3) is 4.19. The molecule has 0 radical (unpaired) electrons. The maximum Gasteiger partial charge on any atom is 0.421 e. The van der Waals surface area contributed by atoms with Crippen molar-refractivity contribution < 1.29 is 31.2 Å². The maximum absolute atomic E-state index is 12.6. The van der Waals surface area contributed by atoms with Crippen LogP contribution in [0.25, 0.3) is 0 Å². The van der Waals surface area contributed by atoms with Gasteiger partial charge in [0.15, 0.2) is 5.60 Å². The first kappa shape index (κ1) is 15.9. The van der Waals surface area contributed by atoms with Crippen molar-refractivity contribution >= 4 is 10.1 Å². The molecular weight excluding hydrogens is 285 g/mol. The van der Waals surface area contributed by atoms with Crippen molar-refractivity contribution in [2.75, 3.05) is 5.75 Å². The maximum atomic E-state index is 12.6. The van der Waals surface area contributed by atoms with E-state index in [0.29, 0.717) is 6.92 Å². The average molecular weight is 298 g/mol. The Hall–Kier alpha value is -1.12. The number of rotatable bonds is 4. The second-order valence-electron chi connectivity index (χ2n) is 4.31. The van der Waals surface area contributed by atoms with Crippen LogP contribution in [0.2, 0.25) is 0 Å². The van der Waals surface area contributed by atoms with Crippen LogP contribution in [0.1, 0.15) is 18.1 Å². The van der Waals surface area contributed by atoms with Crippen LogP contribution in [0.5, 0.6) is 0 Å². The van der Waals surface area contributed by atoms with Gasteiger partial charge in [-0.25, -0.2) is 0 Å². The van der Waals surface area contributed by atoms with E-state index < -0.39 is 27.6 Å². The molecule has 19 heavy (non-hydrogen) atoms. The van der Waals surface area contributed by atoms with Gasteiger partial charge in [-0.3, -0.25) is 4.55 Å². The first-order valence-corrected chi connectivity index (χ1v) is 6.88. The summed E-state index contributed by atoms with van der Waals surface area (Å²) in [6.45, 7) is 0.620. The zero-order chi connectivity index (χ0) is 14.9. The number of aliphatic hydroxyl groups is 1. The Bertz CT molecular complexity index is 549. The lowest BCUT2D eigenvalue weighted by Crippen LogP contribution is -2.39. The smallest absolute Gasteiger partial charge is 0.376 e. The van der Waals surface area contributed by atoms with Crippen LogP contribution in [0.15, 0.2) is 24.3 Å². The standard InChI is InChI=1S/C11H13F3O4S/c1-10(15,11(12,13)14)9-4-2-3-8(7-9)5-6-19(16,17)18/h2-4,7,15H,5-6H2,1H3,(H,16,17,18). The van der Waals surface area contributed by atoms with Gasteiger partial charge in [0.1, 0.15) is 0 Å². The van der Waals surface area contributed by atoms with Gasteiger partial charge in [-0.05, 0) is 24.5 Å². The van der Waals surface area contributed by atoms with Gasteiger partial charge in [0.05, 0.1) is 5.75 Å². The molecule has 0 aliphatic carbocycles. The van der Waals surface area contributed by atoms with Crippen LogP contribution < -0.4 is 0 Å². The van der Waals surface area contributed by atoms with Crippen LogP contribution in [0, 0.1) is 0 Å². The number of benzene rings is 1. The zero-order valence-corrected chi connectivity index (χ0v) is 10.8. The van der Waals surface area contributed by atoms with Crippen molar-refractivity contribution in [3.05, 3.63) is 35.4 Å². The zero-order valence-electron chi connectivity index (χ0n) is 9.98. The van der Waals surface area contributed by atoms with E-state index in [1.807, 2.05) is 0 Å². The largest absolute Gasteiger partial charge is 0.421 e. The van der Waals surface area contributed by atoms with Gasteiger partial charge in [0.25, 0.3) is 10.1 Å². The molecule has 8 heteroatoms. The summed E-state index contributed by atoms with van der Waals surface area (Å²) in [6, 6.07) is 4.87. The highest BCUT2D eigenvalue weighted by molar-refractivity contribution is 7.85. The summed E-state index contributed by atoms with van der Waals surface area (Å²) < 4.78 is 67.6. The predicted molar refractivity (Wildman–Crippen MR) is 62.2 cm³/mol. The summed E-state index contributed by atoms with van der Waals surface area (Å²) in [7, 11) is -4.18. The van der Waals surface area contributed by atoms with Gasteiger partial charge >= 0.3 is 6.18 Å². The van der Waals surface area contributed by atoms with Gasteiger partial charge < -0.3 is 5.11 Å². The molecule has 0 saturated heterocycles. The van der Waals surface area contributed by atoms with Crippen LogP contribution in [0.3, 0.4) is 0 Å². The van der Waals surface area contributed by atoms with Crippen LogP contribution >= 0.6 is 0 Å². The molecule has 1 aromatic rings. The molecule has 0 aliphatic heterocycles. The van der Waals surface area contributed by atoms with E-state index in [4.69, 9.17) is 4.55 Å². The van der Waals surface area contributed by atoms with E-state index in [0.717, 1.165) is 12.1 Å². The highest BCUT2D eigenvalue weighted by atomic mass is 32.2. The van der Waals surface area contributed by atoms with E-state index in [1.54, 1.807) is 0 Å². The molecule has 2 N–H and O–H groups in total. The van der Waals surface area contributed by atoms with Crippen molar-refractivity contribution in [2.45, 2.75) is 25.1 Å². The lowest BCUT2D eigenvalue weighted by atomic mass is 9.93. The van der Waals surface area contributed by atoms with Crippen molar-refractivity contribution in [1.29, 1.82) is 0 Å². The lowest BCUT2D eigenvalue weighted by Gasteiger charge is -2.27. The van der Waals surface area contributed by atoms with Crippen LogP contribution in [-0.2, 0) is 22.1 Å². The molecule has 1 rings (SSSR count). The molecule has 0 spiro atoms. The molecule has 4 nitrogen and oxygen atoms in total. The molecule has 0 aromatic heterocycles. The third-order valence-corrected chi connectivity index (χ3v) is 3.41.